The van der Waals surface area contributed by atoms with E-state index >= 15 is 0 Å². The van der Waals surface area contributed by atoms with Crippen molar-refractivity contribution >= 4 is 0 Å². The average Bonchev–Trinajstić information content (AvgIpc) is 3.18. The predicted molar refractivity (Wildman–Crippen MR) is 98.0 cm³/mol. The molecule has 0 amide bonds. The molecule has 0 saturated heterocycles. The lowest BCUT2D eigenvalue weighted by molar-refractivity contribution is -0.137. The molecule has 4 rings (SSSR count). The van der Waals surface area contributed by atoms with Crippen LogP contribution < -0.4 is 0 Å². The molecule has 4 aromatic rings. The number of aryl methyl sites for hydroxylation is 1. The van der Waals surface area contributed by atoms with Crippen LogP contribution in [0.1, 0.15) is 11.3 Å². The van der Waals surface area contributed by atoms with E-state index in [2.05, 4.69) is 25.1 Å². The first-order chi connectivity index (χ1) is 13.4. The van der Waals surface area contributed by atoms with E-state index in [1.807, 2.05) is 18.2 Å². The maximum Gasteiger partial charge on any atom is 0.416 e. The molecule has 0 spiro atoms. The number of alkyl halides is 3. The van der Waals surface area contributed by atoms with Gasteiger partial charge in [-0.15, -0.1) is 0 Å². The molecule has 3 aromatic heterocycles. The zero-order valence-corrected chi connectivity index (χ0v) is 14.7. The van der Waals surface area contributed by atoms with Gasteiger partial charge >= 0.3 is 6.18 Å². The van der Waals surface area contributed by atoms with Crippen molar-refractivity contribution in [2.75, 3.05) is 0 Å². The summed E-state index contributed by atoms with van der Waals surface area (Å²) in [4.78, 5) is 13.0. The van der Waals surface area contributed by atoms with Gasteiger partial charge in [0.2, 0.25) is 0 Å². The number of aromatic nitrogens is 5. The molecule has 0 atom stereocenters. The van der Waals surface area contributed by atoms with Gasteiger partial charge in [0.15, 0.2) is 5.82 Å². The van der Waals surface area contributed by atoms with Crippen LogP contribution in [0.2, 0.25) is 0 Å². The first-order valence-corrected chi connectivity index (χ1v) is 8.40. The highest BCUT2D eigenvalue weighted by Crippen LogP contribution is 2.31. The third-order valence-electron chi connectivity index (χ3n) is 4.14. The van der Waals surface area contributed by atoms with Crippen LogP contribution in [0.5, 0.6) is 0 Å². The highest BCUT2D eigenvalue weighted by molar-refractivity contribution is 5.67. The summed E-state index contributed by atoms with van der Waals surface area (Å²) in [6.45, 7) is 1.80. The minimum absolute atomic E-state index is 0.414. The predicted octanol–water partition coefficient (Wildman–Crippen LogP) is 4.92. The van der Waals surface area contributed by atoms with Crippen molar-refractivity contribution in [1.82, 2.24) is 25.1 Å². The van der Waals surface area contributed by atoms with Crippen molar-refractivity contribution < 1.29 is 13.2 Å². The molecule has 5 nitrogen and oxygen atoms in total. The quantitative estimate of drug-likeness (QED) is 0.547. The topological polar surface area (TPSA) is 67.3 Å². The third kappa shape index (κ3) is 3.62. The Bertz CT molecular complexity index is 1100. The lowest BCUT2D eigenvalue weighted by Crippen LogP contribution is -2.04. The summed E-state index contributed by atoms with van der Waals surface area (Å²) in [5, 5.41) is 7.17. The monoisotopic (exact) mass is 381 g/mol. The number of nitrogens with one attached hydrogen (secondary N) is 1. The Balaban J connectivity index is 1.69. The van der Waals surface area contributed by atoms with Gasteiger partial charge in [0.1, 0.15) is 5.69 Å². The SMILES string of the molecule is Cc1cc(-c2ccc(C(F)(F)F)cc2)nc(-c2cc(-c3cccnc3)n[nH]2)n1. The van der Waals surface area contributed by atoms with Crippen molar-refractivity contribution in [2.24, 2.45) is 0 Å². The van der Waals surface area contributed by atoms with E-state index in [1.165, 1.54) is 12.1 Å². The minimum atomic E-state index is -4.37. The normalized spacial score (nSPS) is 11.6. The van der Waals surface area contributed by atoms with Gasteiger partial charge < -0.3 is 0 Å². The van der Waals surface area contributed by atoms with E-state index in [0.717, 1.165) is 17.7 Å². The first kappa shape index (κ1) is 17.8. The van der Waals surface area contributed by atoms with Gasteiger partial charge in [-0.25, -0.2) is 9.97 Å². The summed E-state index contributed by atoms with van der Waals surface area (Å²) in [6, 6.07) is 12.1. The molecule has 1 aromatic carbocycles. The lowest BCUT2D eigenvalue weighted by Gasteiger charge is -2.08. The highest BCUT2D eigenvalue weighted by Gasteiger charge is 2.30. The molecule has 1 N–H and O–H groups in total. The molecule has 3 heterocycles. The number of rotatable bonds is 3. The Morgan fingerprint density at radius 3 is 2.36 bits per heavy atom. The van der Waals surface area contributed by atoms with Crippen LogP contribution in [-0.4, -0.2) is 25.1 Å². The molecule has 0 bridgehead atoms. The molecule has 0 aliphatic carbocycles. The fourth-order valence-electron chi connectivity index (χ4n) is 2.77. The number of halogens is 3. The largest absolute Gasteiger partial charge is 0.416 e. The van der Waals surface area contributed by atoms with E-state index < -0.39 is 11.7 Å². The smallest absolute Gasteiger partial charge is 0.274 e. The van der Waals surface area contributed by atoms with Gasteiger partial charge in [0.05, 0.1) is 17.0 Å². The fraction of sp³-hybridized carbons (Fsp3) is 0.100. The summed E-state index contributed by atoms with van der Waals surface area (Å²) >= 11 is 0. The summed E-state index contributed by atoms with van der Waals surface area (Å²) in [6.07, 6.45) is -0.994. The van der Waals surface area contributed by atoms with E-state index in [0.29, 0.717) is 34.2 Å². The number of hydrogen-bond acceptors (Lipinski definition) is 4. The van der Waals surface area contributed by atoms with E-state index in [-0.39, 0.29) is 0 Å². The minimum Gasteiger partial charge on any atom is -0.274 e. The summed E-state index contributed by atoms with van der Waals surface area (Å²) < 4.78 is 38.3. The number of benzene rings is 1. The molecular formula is C20H14F3N5. The number of hydrogen-bond donors (Lipinski definition) is 1. The molecule has 0 aliphatic heterocycles. The van der Waals surface area contributed by atoms with E-state index in [1.54, 1.807) is 25.4 Å². The Morgan fingerprint density at radius 2 is 1.68 bits per heavy atom. The molecule has 0 fully saturated rings. The number of aromatic amines is 1. The first-order valence-electron chi connectivity index (χ1n) is 8.40. The van der Waals surface area contributed by atoms with Gasteiger partial charge in [-0.05, 0) is 43.3 Å². The number of pyridine rings is 1. The molecule has 8 heteroatoms. The van der Waals surface area contributed by atoms with Crippen molar-refractivity contribution in [1.29, 1.82) is 0 Å². The summed E-state index contributed by atoms with van der Waals surface area (Å²) in [7, 11) is 0. The maximum absolute atomic E-state index is 12.8. The van der Waals surface area contributed by atoms with Crippen LogP contribution in [0.4, 0.5) is 13.2 Å². The number of H-pyrrole nitrogens is 1. The third-order valence-corrected chi connectivity index (χ3v) is 4.14. The van der Waals surface area contributed by atoms with Crippen LogP contribution in [0, 0.1) is 6.92 Å². The van der Waals surface area contributed by atoms with Crippen molar-refractivity contribution in [3.8, 4) is 34.0 Å². The van der Waals surface area contributed by atoms with Gasteiger partial charge in [-0.2, -0.15) is 18.3 Å². The Labute approximate surface area is 158 Å². The van der Waals surface area contributed by atoms with Crippen LogP contribution in [0.3, 0.4) is 0 Å². The Kier molecular flexibility index (Phi) is 4.38. The van der Waals surface area contributed by atoms with Crippen LogP contribution >= 0.6 is 0 Å². The molecule has 0 aliphatic rings. The van der Waals surface area contributed by atoms with Gasteiger partial charge in [0, 0.05) is 29.2 Å². The van der Waals surface area contributed by atoms with Gasteiger partial charge in [-0.1, -0.05) is 12.1 Å². The second-order valence-corrected chi connectivity index (χ2v) is 6.20. The van der Waals surface area contributed by atoms with Gasteiger partial charge in [0.25, 0.3) is 0 Å². The molecular weight excluding hydrogens is 367 g/mol. The van der Waals surface area contributed by atoms with Crippen LogP contribution in [-0.2, 0) is 6.18 Å². The molecule has 0 unspecified atom stereocenters. The van der Waals surface area contributed by atoms with Crippen molar-refractivity contribution in [2.45, 2.75) is 13.1 Å². The maximum atomic E-state index is 12.8. The molecule has 140 valence electrons. The van der Waals surface area contributed by atoms with E-state index in [9.17, 15) is 13.2 Å². The van der Waals surface area contributed by atoms with Gasteiger partial charge in [-0.3, -0.25) is 10.1 Å². The fourth-order valence-corrected chi connectivity index (χ4v) is 2.77. The Hall–Kier alpha value is -3.55. The summed E-state index contributed by atoms with van der Waals surface area (Å²) in [5.74, 6) is 0.414. The molecule has 28 heavy (non-hydrogen) atoms. The zero-order chi connectivity index (χ0) is 19.7. The Morgan fingerprint density at radius 1 is 0.893 bits per heavy atom. The van der Waals surface area contributed by atoms with Crippen LogP contribution in [0.15, 0.2) is 60.9 Å². The van der Waals surface area contributed by atoms with Crippen molar-refractivity contribution in [3.05, 3.63) is 72.2 Å². The molecule has 0 saturated carbocycles. The second-order valence-electron chi connectivity index (χ2n) is 6.20. The highest BCUT2D eigenvalue weighted by atomic mass is 19.4. The van der Waals surface area contributed by atoms with Crippen molar-refractivity contribution in [3.63, 3.8) is 0 Å². The zero-order valence-electron chi connectivity index (χ0n) is 14.7. The average molecular weight is 381 g/mol. The molecule has 0 radical (unpaired) electrons. The van der Waals surface area contributed by atoms with Crippen LogP contribution in [0.25, 0.3) is 34.0 Å². The standard InChI is InChI=1S/C20H14F3N5/c1-12-9-16(13-4-6-15(7-5-13)20(21,22)23)26-19(25-12)18-10-17(27-28-18)14-3-2-8-24-11-14/h2-11H,1H3,(H,27,28). The summed E-state index contributed by atoms with van der Waals surface area (Å²) in [5.41, 5.74) is 3.26. The van der Waals surface area contributed by atoms with E-state index in [4.69, 9.17) is 0 Å². The second kappa shape index (κ2) is 6.88. The number of nitrogens with zero attached hydrogens (tertiary/aromatic N) is 4. The lowest BCUT2D eigenvalue weighted by atomic mass is 10.1.